The number of carbonyl (C=O) groups is 3. The van der Waals surface area contributed by atoms with Crippen molar-refractivity contribution >= 4 is 40.1 Å². The number of urea groups is 1. The van der Waals surface area contributed by atoms with E-state index in [2.05, 4.69) is 15.6 Å². The van der Waals surface area contributed by atoms with E-state index in [1.807, 2.05) is 48.0 Å². The van der Waals surface area contributed by atoms with Gasteiger partial charge in [0.15, 0.2) is 0 Å². The average molecular weight is 396 g/mol. The van der Waals surface area contributed by atoms with Gasteiger partial charge in [-0.25, -0.2) is 4.79 Å². The molecule has 2 aromatic heterocycles. The summed E-state index contributed by atoms with van der Waals surface area (Å²) in [6.45, 7) is 0.210. The van der Waals surface area contributed by atoms with Crippen LogP contribution in [-0.2, 0) is 22.4 Å². The number of rotatable bonds is 7. The molecule has 1 fully saturated rings. The maximum atomic E-state index is 12.6. The molecule has 3 heterocycles. The Bertz CT molecular complexity index is 1010. The van der Waals surface area contributed by atoms with E-state index in [0.29, 0.717) is 13.0 Å². The lowest BCUT2D eigenvalue weighted by molar-refractivity contribution is -0.132. The number of aromatic amines is 1. The fourth-order valence-electron chi connectivity index (χ4n) is 3.36. The number of fused-ring (bicyclic) bond motifs is 1. The lowest BCUT2D eigenvalue weighted by Gasteiger charge is -2.13. The number of para-hydroxylation sites is 1. The zero-order valence-corrected chi connectivity index (χ0v) is 15.9. The van der Waals surface area contributed by atoms with Gasteiger partial charge in [-0.2, -0.15) is 0 Å². The van der Waals surface area contributed by atoms with Crippen molar-refractivity contribution in [3.05, 3.63) is 58.4 Å². The number of benzene rings is 1. The molecular formula is C20H20N4O3S. The molecule has 1 aromatic carbocycles. The normalized spacial score (nSPS) is 16.6. The molecule has 1 saturated heterocycles. The van der Waals surface area contributed by atoms with Gasteiger partial charge in [0, 0.05) is 34.9 Å². The van der Waals surface area contributed by atoms with Gasteiger partial charge in [0.2, 0.25) is 5.91 Å². The van der Waals surface area contributed by atoms with Crippen molar-refractivity contribution in [2.45, 2.75) is 18.9 Å². The summed E-state index contributed by atoms with van der Waals surface area (Å²) in [4.78, 5) is 42.3. The van der Waals surface area contributed by atoms with Crippen molar-refractivity contribution in [1.82, 2.24) is 20.5 Å². The second kappa shape index (κ2) is 7.85. The van der Waals surface area contributed by atoms with E-state index in [1.54, 1.807) is 11.3 Å². The number of nitrogens with zero attached hydrogens (tertiary/aromatic N) is 1. The van der Waals surface area contributed by atoms with Gasteiger partial charge in [-0.1, -0.05) is 24.3 Å². The number of hydrogen-bond donors (Lipinski definition) is 3. The molecule has 1 aliphatic rings. The molecular weight excluding hydrogens is 376 g/mol. The Morgan fingerprint density at radius 3 is 2.86 bits per heavy atom. The molecule has 3 aromatic rings. The maximum absolute atomic E-state index is 12.6. The van der Waals surface area contributed by atoms with Crippen LogP contribution in [0.4, 0.5) is 4.79 Å². The molecule has 0 unspecified atom stereocenters. The highest BCUT2D eigenvalue weighted by atomic mass is 32.1. The maximum Gasteiger partial charge on any atom is 0.325 e. The summed E-state index contributed by atoms with van der Waals surface area (Å²) in [5, 5.41) is 8.46. The van der Waals surface area contributed by atoms with Crippen molar-refractivity contribution in [2.75, 3.05) is 13.1 Å². The predicted molar refractivity (Wildman–Crippen MR) is 107 cm³/mol. The van der Waals surface area contributed by atoms with Gasteiger partial charge >= 0.3 is 6.03 Å². The summed E-state index contributed by atoms with van der Waals surface area (Å²) in [5.74, 6) is -0.712. The summed E-state index contributed by atoms with van der Waals surface area (Å²) in [6, 6.07) is 10.6. The average Bonchev–Trinajstić information content (AvgIpc) is 3.40. The zero-order chi connectivity index (χ0) is 19.5. The largest absolute Gasteiger partial charge is 0.361 e. The second-order valence-electron chi connectivity index (χ2n) is 6.67. The summed E-state index contributed by atoms with van der Waals surface area (Å²) < 4.78 is 0. The summed E-state index contributed by atoms with van der Waals surface area (Å²) in [6.07, 6.45) is 2.96. The Balaban J connectivity index is 1.33. The molecule has 1 aliphatic heterocycles. The van der Waals surface area contributed by atoms with E-state index in [9.17, 15) is 14.4 Å². The van der Waals surface area contributed by atoms with Gasteiger partial charge in [-0.05, 0) is 29.5 Å². The highest BCUT2D eigenvalue weighted by Crippen LogP contribution is 2.21. The minimum Gasteiger partial charge on any atom is -0.361 e. The Morgan fingerprint density at radius 1 is 1.18 bits per heavy atom. The van der Waals surface area contributed by atoms with Crippen LogP contribution in [0.2, 0.25) is 0 Å². The number of thiophene rings is 1. The topological polar surface area (TPSA) is 94.3 Å². The number of H-pyrrole nitrogens is 1. The van der Waals surface area contributed by atoms with Gasteiger partial charge in [0.1, 0.15) is 12.6 Å². The number of aromatic nitrogens is 1. The minimum atomic E-state index is -0.661. The molecule has 0 radical (unpaired) electrons. The molecule has 7 nitrogen and oxygen atoms in total. The molecule has 4 rings (SSSR count). The minimum absolute atomic E-state index is 0.264. The predicted octanol–water partition coefficient (Wildman–Crippen LogP) is 2.05. The fourth-order valence-corrected chi connectivity index (χ4v) is 4.07. The van der Waals surface area contributed by atoms with E-state index < -0.39 is 12.1 Å². The number of amides is 4. The number of nitrogens with one attached hydrogen (secondary N) is 3. The van der Waals surface area contributed by atoms with Crippen LogP contribution in [0.25, 0.3) is 10.9 Å². The van der Waals surface area contributed by atoms with Crippen LogP contribution < -0.4 is 10.6 Å². The lowest BCUT2D eigenvalue weighted by Crippen LogP contribution is -2.41. The molecule has 0 aliphatic carbocycles. The Morgan fingerprint density at radius 2 is 2.04 bits per heavy atom. The van der Waals surface area contributed by atoms with Crippen LogP contribution in [-0.4, -0.2) is 46.9 Å². The van der Waals surface area contributed by atoms with Crippen molar-refractivity contribution in [3.8, 4) is 0 Å². The molecule has 8 heteroatoms. The van der Waals surface area contributed by atoms with Gasteiger partial charge in [-0.3, -0.25) is 14.5 Å². The van der Waals surface area contributed by atoms with E-state index in [4.69, 9.17) is 0 Å². The number of hydrogen-bond acceptors (Lipinski definition) is 4. The Labute approximate surface area is 165 Å². The molecule has 0 bridgehead atoms. The molecule has 3 N–H and O–H groups in total. The highest BCUT2D eigenvalue weighted by molar-refractivity contribution is 7.09. The second-order valence-corrected chi connectivity index (χ2v) is 7.70. The molecule has 1 atom stereocenters. The molecule has 0 spiro atoms. The first-order valence-electron chi connectivity index (χ1n) is 9.08. The first kappa shape index (κ1) is 18.2. The van der Waals surface area contributed by atoms with Crippen LogP contribution in [0, 0.1) is 0 Å². The van der Waals surface area contributed by atoms with Crippen LogP contribution in [0.3, 0.4) is 0 Å². The molecule has 28 heavy (non-hydrogen) atoms. The first-order valence-corrected chi connectivity index (χ1v) is 9.96. The number of imide groups is 1. The fraction of sp³-hybridized carbons (Fsp3) is 0.250. The molecule has 4 amide bonds. The Hall–Kier alpha value is -3.13. The Kier molecular flexibility index (Phi) is 5.12. The van der Waals surface area contributed by atoms with Crippen molar-refractivity contribution in [3.63, 3.8) is 0 Å². The highest BCUT2D eigenvalue weighted by Gasteiger charge is 2.39. The monoisotopic (exact) mass is 396 g/mol. The third-order valence-corrected chi connectivity index (χ3v) is 5.72. The van der Waals surface area contributed by atoms with E-state index >= 15 is 0 Å². The van der Waals surface area contributed by atoms with Gasteiger partial charge in [-0.15, -0.1) is 11.3 Å². The van der Waals surface area contributed by atoms with E-state index in [1.165, 1.54) is 4.88 Å². The summed E-state index contributed by atoms with van der Waals surface area (Å²) >= 11 is 1.63. The van der Waals surface area contributed by atoms with E-state index in [-0.39, 0.29) is 18.4 Å². The number of carbonyl (C=O) groups excluding carboxylic acids is 3. The first-order chi connectivity index (χ1) is 13.6. The molecule has 0 saturated carbocycles. The summed E-state index contributed by atoms with van der Waals surface area (Å²) in [7, 11) is 0. The molecule has 144 valence electrons. The van der Waals surface area contributed by atoms with Gasteiger partial charge in [0.05, 0.1) is 0 Å². The van der Waals surface area contributed by atoms with Crippen molar-refractivity contribution in [1.29, 1.82) is 0 Å². The van der Waals surface area contributed by atoms with Crippen molar-refractivity contribution < 1.29 is 14.4 Å². The van der Waals surface area contributed by atoms with Gasteiger partial charge < -0.3 is 15.6 Å². The van der Waals surface area contributed by atoms with Crippen LogP contribution in [0.1, 0.15) is 10.4 Å². The van der Waals surface area contributed by atoms with Crippen LogP contribution >= 0.6 is 11.3 Å². The van der Waals surface area contributed by atoms with Gasteiger partial charge in [0.25, 0.3) is 5.91 Å². The standard InChI is InChI=1S/C20H20N4O3S/c25-18(21-8-7-14-4-3-9-28-14)12-24-19(26)17(23-20(24)27)10-13-11-22-16-6-2-1-5-15(13)16/h1-6,9,11,17,22H,7-8,10,12H2,(H,21,25)(H,23,27)/t17-/m0/s1. The third kappa shape index (κ3) is 3.77. The SMILES string of the molecule is O=C(CN1C(=O)N[C@@H](Cc2c[nH]c3ccccc23)C1=O)NCCc1cccs1. The zero-order valence-electron chi connectivity index (χ0n) is 15.1. The van der Waals surface area contributed by atoms with Crippen LogP contribution in [0.15, 0.2) is 48.0 Å². The quantitative estimate of drug-likeness (QED) is 0.534. The smallest absolute Gasteiger partial charge is 0.325 e. The van der Waals surface area contributed by atoms with Crippen LogP contribution in [0.5, 0.6) is 0 Å². The summed E-state index contributed by atoms with van der Waals surface area (Å²) in [5.41, 5.74) is 1.94. The lowest BCUT2D eigenvalue weighted by atomic mass is 10.1. The third-order valence-electron chi connectivity index (χ3n) is 4.78. The van der Waals surface area contributed by atoms with Crippen molar-refractivity contribution in [2.24, 2.45) is 0 Å². The van der Waals surface area contributed by atoms with E-state index in [0.717, 1.165) is 27.8 Å².